The first-order valence-electron chi connectivity index (χ1n) is 7.54. The van der Waals surface area contributed by atoms with Crippen molar-refractivity contribution in [2.75, 3.05) is 40.3 Å². The van der Waals surface area contributed by atoms with E-state index in [0.717, 1.165) is 31.7 Å². The third-order valence-corrected chi connectivity index (χ3v) is 3.33. The van der Waals surface area contributed by atoms with E-state index in [-0.39, 0.29) is 5.97 Å². The molecule has 0 aliphatic rings. The molecule has 0 N–H and O–H groups in total. The van der Waals surface area contributed by atoms with Crippen LogP contribution in [0.5, 0.6) is 0 Å². The fraction of sp³-hybridized carbons (Fsp3) is 0.733. The minimum atomic E-state index is -0.287. The lowest BCUT2D eigenvalue weighted by Gasteiger charge is -2.24. The quantitative estimate of drug-likeness (QED) is 0.644. The molecule has 0 fully saturated rings. The predicted octanol–water partition coefficient (Wildman–Crippen LogP) is 1.37. The van der Waals surface area contributed by atoms with Gasteiger partial charge in [0, 0.05) is 26.7 Å². The number of hydrogen-bond acceptors (Lipinski definition) is 5. The average Bonchev–Trinajstić information content (AvgIpc) is 2.78. The van der Waals surface area contributed by atoms with Crippen LogP contribution < -0.4 is 0 Å². The monoisotopic (exact) mass is 296 g/mol. The van der Waals surface area contributed by atoms with Crippen LogP contribution >= 0.6 is 0 Å². The van der Waals surface area contributed by atoms with E-state index in [1.165, 1.54) is 0 Å². The van der Waals surface area contributed by atoms with E-state index in [4.69, 9.17) is 4.74 Å². The van der Waals surface area contributed by atoms with Crippen molar-refractivity contribution >= 4 is 5.97 Å². The lowest BCUT2D eigenvalue weighted by Crippen LogP contribution is -2.33. The zero-order valence-corrected chi connectivity index (χ0v) is 13.9. The highest BCUT2D eigenvalue weighted by Crippen LogP contribution is 2.13. The smallest absolute Gasteiger partial charge is 0.341 e. The molecule has 0 saturated carbocycles. The van der Waals surface area contributed by atoms with E-state index in [1.807, 2.05) is 14.0 Å². The first-order chi connectivity index (χ1) is 9.99. The van der Waals surface area contributed by atoms with Crippen LogP contribution in [0.1, 0.15) is 36.3 Å². The molecule has 21 heavy (non-hydrogen) atoms. The number of hydrogen-bond donors (Lipinski definition) is 0. The van der Waals surface area contributed by atoms with Gasteiger partial charge in [-0.15, -0.1) is 0 Å². The summed E-state index contributed by atoms with van der Waals surface area (Å²) in [5.41, 5.74) is 1.49. The van der Waals surface area contributed by atoms with Gasteiger partial charge in [-0.3, -0.25) is 9.58 Å². The number of likely N-dealkylation sites (N-methyl/N-ethyl adjacent to an activating group) is 1. The van der Waals surface area contributed by atoms with Gasteiger partial charge in [-0.05, 0) is 34.0 Å². The summed E-state index contributed by atoms with van der Waals surface area (Å²) < 4.78 is 6.87. The molecule has 0 radical (unpaired) electrons. The molecule has 0 amide bonds. The Balaban J connectivity index is 2.82. The molecular weight excluding hydrogens is 268 g/mol. The SMILES string of the molecule is CCCN(CCN(C)C)Cc1c(C(=O)OCC)cnn1C. The summed E-state index contributed by atoms with van der Waals surface area (Å²) in [6, 6.07) is 0. The maximum Gasteiger partial charge on any atom is 0.341 e. The van der Waals surface area contributed by atoms with Gasteiger partial charge < -0.3 is 9.64 Å². The Morgan fingerprint density at radius 3 is 2.57 bits per heavy atom. The lowest BCUT2D eigenvalue weighted by molar-refractivity contribution is 0.0523. The van der Waals surface area contributed by atoms with Crippen LogP contribution in [0.4, 0.5) is 0 Å². The Kier molecular flexibility index (Phi) is 7.39. The summed E-state index contributed by atoms with van der Waals surface area (Å²) in [5.74, 6) is -0.287. The zero-order valence-electron chi connectivity index (χ0n) is 13.9. The van der Waals surface area contributed by atoms with Crippen LogP contribution in [0.25, 0.3) is 0 Å². The first kappa shape index (κ1) is 17.7. The van der Waals surface area contributed by atoms with E-state index < -0.39 is 0 Å². The summed E-state index contributed by atoms with van der Waals surface area (Å²) in [6.45, 7) is 8.04. The highest BCUT2D eigenvalue weighted by Gasteiger charge is 2.19. The molecule has 0 spiro atoms. The molecule has 0 atom stereocenters. The standard InChI is InChI=1S/C15H28N4O2/c1-6-8-19(10-9-17(3)4)12-14-13(11-16-18(14)5)15(20)21-7-2/h11H,6-10,12H2,1-5H3. The second-order valence-electron chi connectivity index (χ2n) is 5.43. The van der Waals surface area contributed by atoms with Crippen LogP contribution in [0.2, 0.25) is 0 Å². The van der Waals surface area contributed by atoms with Crippen molar-refractivity contribution < 1.29 is 9.53 Å². The molecule has 0 unspecified atom stereocenters. The third kappa shape index (κ3) is 5.47. The average molecular weight is 296 g/mol. The van der Waals surface area contributed by atoms with E-state index in [1.54, 1.807) is 10.9 Å². The van der Waals surface area contributed by atoms with Gasteiger partial charge in [0.2, 0.25) is 0 Å². The second kappa shape index (κ2) is 8.79. The molecular formula is C15H28N4O2. The van der Waals surface area contributed by atoms with Crippen LogP contribution in [-0.2, 0) is 18.3 Å². The molecule has 120 valence electrons. The molecule has 1 aromatic heterocycles. The number of carbonyl (C=O) groups excluding carboxylic acids is 1. The minimum absolute atomic E-state index is 0.287. The number of nitrogens with zero attached hydrogens (tertiary/aromatic N) is 4. The summed E-state index contributed by atoms with van der Waals surface area (Å²) in [7, 11) is 6.00. The number of carbonyl (C=O) groups is 1. The Hall–Kier alpha value is -1.40. The van der Waals surface area contributed by atoms with E-state index in [9.17, 15) is 4.79 Å². The van der Waals surface area contributed by atoms with Crippen LogP contribution in [0, 0.1) is 0 Å². The Morgan fingerprint density at radius 1 is 1.29 bits per heavy atom. The second-order valence-corrected chi connectivity index (χ2v) is 5.43. The Morgan fingerprint density at radius 2 is 2.00 bits per heavy atom. The third-order valence-electron chi connectivity index (χ3n) is 3.33. The normalized spacial score (nSPS) is 11.4. The molecule has 0 aliphatic carbocycles. The molecule has 0 aromatic carbocycles. The molecule has 1 rings (SSSR count). The molecule has 6 nitrogen and oxygen atoms in total. The summed E-state index contributed by atoms with van der Waals surface area (Å²) in [6.07, 6.45) is 2.68. The molecule has 0 aliphatic heterocycles. The van der Waals surface area contributed by atoms with Gasteiger partial charge in [0.25, 0.3) is 0 Å². The fourth-order valence-electron chi connectivity index (χ4n) is 2.17. The summed E-state index contributed by atoms with van der Waals surface area (Å²) in [4.78, 5) is 16.5. The Labute approximate surface area is 127 Å². The maximum atomic E-state index is 12.0. The van der Waals surface area contributed by atoms with Gasteiger partial charge >= 0.3 is 5.97 Å². The molecule has 1 heterocycles. The van der Waals surface area contributed by atoms with Gasteiger partial charge in [-0.25, -0.2) is 4.79 Å². The number of rotatable bonds is 9. The van der Waals surface area contributed by atoms with Crippen molar-refractivity contribution in [3.8, 4) is 0 Å². The number of aromatic nitrogens is 2. The number of aryl methyl sites for hydroxylation is 1. The highest BCUT2D eigenvalue weighted by molar-refractivity contribution is 5.90. The predicted molar refractivity (Wildman–Crippen MR) is 83.3 cm³/mol. The van der Waals surface area contributed by atoms with Crippen molar-refractivity contribution in [1.82, 2.24) is 19.6 Å². The number of ether oxygens (including phenoxy) is 1. The summed E-state index contributed by atoms with van der Waals surface area (Å²) >= 11 is 0. The van der Waals surface area contributed by atoms with Gasteiger partial charge in [-0.1, -0.05) is 6.92 Å². The largest absolute Gasteiger partial charge is 0.462 e. The highest BCUT2D eigenvalue weighted by atomic mass is 16.5. The van der Waals surface area contributed by atoms with Crippen LogP contribution in [0.3, 0.4) is 0 Å². The first-order valence-corrected chi connectivity index (χ1v) is 7.54. The molecule has 1 aromatic rings. The van der Waals surface area contributed by atoms with Crippen LogP contribution in [-0.4, -0.2) is 65.9 Å². The molecule has 6 heteroatoms. The van der Waals surface area contributed by atoms with Crippen LogP contribution in [0.15, 0.2) is 6.20 Å². The fourth-order valence-corrected chi connectivity index (χ4v) is 2.17. The van der Waals surface area contributed by atoms with E-state index in [0.29, 0.717) is 18.7 Å². The van der Waals surface area contributed by atoms with Gasteiger partial charge in [0.05, 0.1) is 18.5 Å². The van der Waals surface area contributed by atoms with Gasteiger partial charge in [0.1, 0.15) is 5.56 Å². The van der Waals surface area contributed by atoms with Crippen molar-refractivity contribution in [3.63, 3.8) is 0 Å². The topological polar surface area (TPSA) is 50.6 Å². The molecule has 0 saturated heterocycles. The van der Waals surface area contributed by atoms with Crippen molar-refractivity contribution in [2.45, 2.75) is 26.8 Å². The summed E-state index contributed by atoms with van der Waals surface area (Å²) in [5, 5.41) is 4.21. The van der Waals surface area contributed by atoms with Crippen molar-refractivity contribution in [1.29, 1.82) is 0 Å². The maximum absolute atomic E-state index is 12.0. The van der Waals surface area contributed by atoms with Crippen molar-refractivity contribution in [3.05, 3.63) is 17.5 Å². The van der Waals surface area contributed by atoms with Gasteiger partial charge in [0.15, 0.2) is 0 Å². The minimum Gasteiger partial charge on any atom is -0.462 e. The zero-order chi connectivity index (χ0) is 15.8. The van der Waals surface area contributed by atoms with Gasteiger partial charge in [-0.2, -0.15) is 5.10 Å². The number of esters is 1. The molecule has 0 bridgehead atoms. The van der Waals surface area contributed by atoms with E-state index >= 15 is 0 Å². The van der Waals surface area contributed by atoms with E-state index in [2.05, 4.69) is 35.9 Å². The lowest BCUT2D eigenvalue weighted by atomic mass is 10.2. The Bertz CT molecular complexity index is 443. The van der Waals surface area contributed by atoms with Crippen molar-refractivity contribution in [2.24, 2.45) is 7.05 Å².